The predicted molar refractivity (Wildman–Crippen MR) is 86.0 cm³/mol. The van der Waals surface area contributed by atoms with Gasteiger partial charge < -0.3 is 19.5 Å². The molecule has 0 bridgehead atoms. The van der Waals surface area contributed by atoms with Gasteiger partial charge in [0.1, 0.15) is 5.75 Å². The Hall–Kier alpha value is -1.46. The highest BCUT2D eigenvalue weighted by atomic mass is 16.5. The summed E-state index contributed by atoms with van der Waals surface area (Å²) in [5.41, 5.74) is 1.23. The van der Waals surface area contributed by atoms with Crippen LogP contribution in [0.15, 0.2) is 12.1 Å². The standard InChI is InChI=1S/C17H26N2O3/c1-20-14-11-16(22-3)15(21-2)10-13(14)17(12-4-5-12)19-8-6-18-7-9-19/h10-12,17-18H,4-9H2,1-3H3/t17-/m1/s1. The molecule has 0 aromatic heterocycles. The molecular formula is C17H26N2O3. The molecule has 1 heterocycles. The fraction of sp³-hybridized carbons (Fsp3) is 0.647. The Labute approximate surface area is 132 Å². The Balaban J connectivity index is 1.98. The van der Waals surface area contributed by atoms with Crippen molar-refractivity contribution in [3.05, 3.63) is 17.7 Å². The van der Waals surface area contributed by atoms with Gasteiger partial charge in [0.2, 0.25) is 0 Å². The molecule has 1 N–H and O–H groups in total. The van der Waals surface area contributed by atoms with Gasteiger partial charge in [-0.25, -0.2) is 0 Å². The fourth-order valence-electron chi connectivity index (χ4n) is 3.41. The minimum absolute atomic E-state index is 0.414. The molecule has 2 aliphatic rings. The lowest BCUT2D eigenvalue weighted by Gasteiger charge is -2.36. The van der Waals surface area contributed by atoms with Gasteiger partial charge in [0, 0.05) is 43.9 Å². The zero-order chi connectivity index (χ0) is 15.5. The molecule has 1 saturated carbocycles. The summed E-state index contributed by atoms with van der Waals surface area (Å²) in [6.07, 6.45) is 2.60. The number of hydrogen-bond acceptors (Lipinski definition) is 5. The van der Waals surface area contributed by atoms with Crippen LogP contribution in [0.2, 0.25) is 0 Å². The number of ether oxygens (including phenoxy) is 3. The summed E-state index contributed by atoms with van der Waals surface area (Å²) in [6.45, 7) is 4.27. The molecule has 0 amide bonds. The van der Waals surface area contributed by atoms with E-state index in [1.165, 1.54) is 18.4 Å². The minimum Gasteiger partial charge on any atom is -0.496 e. The van der Waals surface area contributed by atoms with Crippen LogP contribution in [0, 0.1) is 5.92 Å². The van der Waals surface area contributed by atoms with Gasteiger partial charge in [-0.05, 0) is 24.8 Å². The first-order valence-corrected chi connectivity index (χ1v) is 8.03. The molecule has 1 atom stereocenters. The Morgan fingerprint density at radius 2 is 1.55 bits per heavy atom. The van der Waals surface area contributed by atoms with Gasteiger partial charge in [-0.3, -0.25) is 4.90 Å². The average molecular weight is 306 g/mol. The quantitative estimate of drug-likeness (QED) is 0.871. The van der Waals surface area contributed by atoms with E-state index < -0.39 is 0 Å². The number of nitrogens with one attached hydrogen (secondary N) is 1. The molecular weight excluding hydrogens is 280 g/mol. The second kappa shape index (κ2) is 6.75. The van der Waals surface area contributed by atoms with E-state index in [4.69, 9.17) is 14.2 Å². The van der Waals surface area contributed by atoms with E-state index >= 15 is 0 Å². The normalized spacial score (nSPS) is 20.5. The van der Waals surface area contributed by atoms with Gasteiger partial charge in [-0.1, -0.05) is 0 Å². The van der Waals surface area contributed by atoms with Gasteiger partial charge in [0.05, 0.1) is 21.3 Å². The maximum absolute atomic E-state index is 5.66. The number of methoxy groups -OCH3 is 3. The van der Waals surface area contributed by atoms with Gasteiger partial charge >= 0.3 is 0 Å². The Kier molecular flexibility index (Phi) is 4.74. The fourth-order valence-corrected chi connectivity index (χ4v) is 3.41. The van der Waals surface area contributed by atoms with Crippen molar-refractivity contribution in [2.75, 3.05) is 47.5 Å². The van der Waals surface area contributed by atoms with Crippen molar-refractivity contribution in [2.24, 2.45) is 5.92 Å². The molecule has 1 aromatic rings. The van der Waals surface area contributed by atoms with Crippen LogP contribution < -0.4 is 19.5 Å². The van der Waals surface area contributed by atoms with Crippen LogP contribution in [0.3, 0.4) is 0 Å². The summed E-state index contributed by atoms with van der Waals surface area (Å²) >= 11 is 0. The Morgan fingerprint density at radius 3 is 2.09 bits per heavy atom. The van der Waals surface area contributed by atoms with Crippen LogP contribution in [0.25, 0.3) is 0 Å². The highest BCUT2D eigenvalue weighted by molar-refractivity contribution is 5.52. The summed E-state index contributed by atoms with van der Waals surface area (Å²) in [4.78, 5) is 2.58. The summed E-state index contributed by atoms with van der Waals surface area (Å²) in [5, 5.41) is 3.43. The Morgan fingerprint density at radius 1 is 0.955 bits per heavy atom. The van der Waals surface area contributed by atoms with Crippen molar-refractivity contribution < 1.29 is 14.2 Å². The van der Waals surface area contributed by atoms with Crippen LogP contribution in [0.5, 0.6) is 17.2 Å². The molecule has 22 heavy (non-hydrogen) atoms. The third-order valence-corrected chi connectivity index (χ3v) is 4.67. The predicted octanol–water partition coefficient (Wildman–Crippen LogP) is 2.07. The summed E-state index contributed by atoms with van der Waals surface area (Å²) in [6, 6.07) is 4.46. The van der Waals surface area contributed by atoms with Gasteiger partial charge in [-0.15, -0.1) is 0 Å². The maximum atomic E-state index is 5.66. The highest BCUT2D eigenvalue weighted by Gasteiger charge is 2.38. The molecule has 0 spiro atoms. The average Bonchev–Trinajstić information content (AvgIpc) is 3.40. The lowest BCUT2D eigenvalue weighted by Crippen LogP contribution is -2.45. The first-order valence-electron chi connectivity index (χ1n) is 8.03. The molecule has 3 rings (SSSR count). The van der Waals surface area contributed by atoms with Crippen molar-refractivity contribution in [3.8, 4) is 17.2 Å². The third kappa shape index (κ3) is 3.01. The van der Waals surface area contributed by atoms with Crippen molar-refractivity contribution in [2.45, 2.75) is 18.9 Å². The number of benzene rings is 1. The van der Waals surface area contributed by atoms with Crippen LogP contribution >= 0.6 is 0 Å². The lowest BCUT2D eigenvalue weighted by atomic mass is 9.98. The van der Waals surface area contributed by atoms with E-state index in [2.05, 4.69) is 16.3 Å². The lowest BCUT2D eigenvalue weighted by molar-refractivity contribution is 0.153. The number of piperazine rings is 1. The molecule has 1 aliphatic heterocycles. The van der Waals surface area contributed by atoms with Crippen molar-refractivity contribution in [1.29, 1.82) is 0 Å². The molecule has 5 nitrogen and oxygen atoms in total. The highest BCUT2D eigenvalue weighted by Crippen LogP contribution is 2.49. The first-order chi connectivity index (χ1) is 10.8. The summed E-state index contributed by atoms with van der Waals surface area (Å²) in [7, 11) is 5.07. The Bertz CT molecular complexity index is 511. The van der Waals surface area contributed by atoms with Crippen LogP contribution in [0.4, 0.5) is 0 Å². The largest absolute Gasteiger partial charge is 0.496 e. The van der Waals surface area contributed by atoms with Crippen LogP contribution in [-0.4, -0.2) is 52.4 Å². The van der Waals surface area contributed by atoms with E-state index in [0.29, 0.717) is 6.04 Å². The van der Waals surface area contributed by atoms with E-state index in [0.717, 1.165) is 49.3 Å². The second-order valence-electron chi connectivity index (χ2n) is 6.02. The summed E-state index contributed by atoms with van der Waals surface area (Å²) < 4.78 is 16.6. The van der Waals surface area contributed by atoms with E-state index in [1.54, 1.807) is 21.3 Å². The second-order valence-corrected chi connectivity index (χ2v) is 6.02. The molecule has 5 heteroatoms. The van der Waals surface area contributed by atoms with Crippen molar-refractivity contribution in [1.82, 2.24) is 10.2 Å². The molecule has 1 aromatic carbocycles. The van der Waals surface area contributed by atoms with E-state index in [9.17, 15) is 0 Å². The van der Waals surface area contributed by atoms with Gasteiger partial charge in [0.25, 0.3) is 0 Å². The number of nitrogens with zero attached hydrogens (tertiary/aromatic N) is 1. The SMILES string of the molecule is COc1cc(OC)c([C@@H](C2CC2)N2CCNCC2)cc1OC. The molecule has 122 valence electrons. The molecule has 1 aliphatic carbocycles. The smallest absolute Gasteiger partial charge is 0.164 e. The molecule has 2 fully saturated rings. The maximum Gasteiger partial charge on any atom is 0.164 e. The van der Waals surface area contributed by atoms with E-state index in [-0.39, 0.29) is 0 Å². The van der Waals surface area contributed by atoms with Gasteiger partial charge in [0.15, 0.2) is 11.5 Å². The molecule has 1 saturated heterocycles. The number of rotatable bonds is 6. The zero-order valence-corrected chi connectivity index (χ0v) is 13.7. The minimum atomic E-state index is 0.414. The third-order valence-electron chi connectivity index (χ3n) is 4.67. The monoisotopic (exact) mass is 306 g/mol. The zero-order valence-electron chi connectivity index (χ0n) is 13.7. The first kappa shape index (κ1) is 15.4. The molecule has 0 unspecified atom stereocenters. The number of hydrogen-bond donors (Lipinski definition) is 1. The van der Waals surface area contributed by atoms with Crippen LogP contribution in [-0.2, 0) is 0 Å². The van der Waals surface area contributed by atoms with Crippen molar-refractivity contribution >= 4 is 0 Å². The van der Waals surface area contributed by atoms with Crippen molar-refractivity contribution in [3.63, 3.8) is 0 Å². The van der Waals surface area contributed by atoms with Crippen LogP contribution in [0.1, 0.15) is 24.4 Å². The summed E-state index contributed by atoms with van der Waals surface area (Å²) in [5.74, 6) is 3.12. The van der Waals surface area contributed by atoms with Gasteiger partial charge in [-0.2, -0.15) is 0 Å². The molecule has 0 radical (unpaired) electrons. The van der Waals surface area contributed by atoms with E-state index in [1.807, 2.05) is 6.07 Å². The topological polar surface area (TPSA) is 43.0 Å².